The summed E-state index contributed by atoms with van der Waals surface area (Å²) in [5.74, 6) is -0.0318. The van der Waals surface area contributed by atoms with Gasteiger partial charge >= 0.3 is 0 Å². The molecular formula is C13H22N2O3S. The molecule has 1 heterocycles. The van der Waals surface area contributed by atoms with E-state index >= 15 is 0 Å². The lowest BCUT2D eigenvalue weighted by Crippen LogP contribution is -2.39. The van der Waals surface area contributed by atoms with Crippen molar-refractivity contribution in [3.05, 3.63) is 30.1 Å². The fourth-order valence-electron chi connectivity index (χ4n) is 1.63. The number of methoxy groups -OCH3 is 1. The van der Waals surface area contributed by atoms with Gasteiger partial charge in [-0.1, -0.05) is 13.8 Å². The van der Waals surface area contributed by atoms with E-state index in [-0.39, 0.29) is 17.3 Å². The van der Waals surface area contributed by atoms with Crippen LogP contribution in [0.3, 0.4) is 0 Å². The molecule has 0 aromatic carbocycles. The number of nitrogens with zero attached hydrogens (tertiary/aromatic N) is 1. The molecule has 108 valence electrons. The van der Waals surface area contributed by atoms with Crippen LogP contribution in [-0.4, -0.2) is 38.9 Å². The smallest absolute Gasteiger partial charge is 0.214 e. The number of nitrogens with one attached hydrogen (secondary N) is 1. The first-order chi connectivity index (χ1) is 8.77. The van der Waals surface area contributed by atoms with Gasteiger partial charge in [0.1, 0.15) is 0 Å². The zero-order chi connectivity index (χ0) is 14.5. The van der Waals surface area contributed by atoms with Gasteiger partial charge < -0.3 is 4.74 Å². The molecule has 1 rings (SSSR count). The van der Waals surface area contributed by atoms with E-state index < -0.39 is 10.0 Å². The average molecular weight is 286 g/mol. The van der Waals surface area contributed by atoms with Crippen LogP contribution in [0.2, 0.25) is 0 Å². The first-order valence-electron chi connectivity index (χ1n) is 6.17. The van der Waals surface area contributed by atoms with Crippen molar-refractivity contribution in [2.24, 2.45) is 0 Å². The molecular weight excluding hydrogens is 264 g/mol. The molecule has 1 aromatic heterocycles. The Labute approximate surface area is 115 Å². The maximum Gasteiger partial charge on any atom is 0.214 e. The standard InChI is InChI=1S/C13H22N2O3S/c1-11(18-4)9-19(16,17)15-10-13(2,3)12-5-7-14-8-6-12/h5-8,11,15H,9-10H2,1-4H3/t11-/m1/s1. The van der Waals surface area contributed by atoms with Crippen molar-refractivity contribution < 1.29 is 13.2 Å². The first-order valence-corrected chi connectivity index (χ1v) is 7.83. The summed E-state index contributed by atoms with van der Waals surface area (Å²) in [6, 6.07) is 3.79. The number of ether oxygens (including phenoxy) is 1. The zero-order valence-corrected chi connectivity index (χ0v) is 12.7. The van der Waals surface area contributed by atoms with Crippen molar-refractivity contribution in [2.75, 3.05) is 19.4 Å². The van der Waals surface area contributed by atoms with Gasteiger partial charge in [-0.05, 0) is 24.6 Å². The highest BCUT2D eigenvalue weighted by atomic mass is 32.2. The van der Waals surface area contributed by atoms with Gasteiger partial charge in [-0.25, -0.2) is 13.1 Å². The fraction of sp³-hybridized carbons (Fsp3) is 0.615. The maximum absolute atomic E-state index is 11.9. The highest BCUT2D eigenvalue weighted by Crippen LogP contribution is 2.21. The second-order valence-electron chi connectivity index (χ2n) is 5.27. The van der Waals surface area contributed by atoms with Crippen LogP contribution >= 0.6 is 0 Å². The molecule has 0 amide bonds. The van der Waals surface area contributed by atoms with Crippen LogP contribution in [0.15, 0.2) is 24.5 Å². The highest BCUT2D eigenvalue weighted by molar-refractivity contribution is 7.89. The second-order valence-corrected chi connectivity index (χ2v) is 7.12. The molecule has 0 fully saturated rings. The monoisotopic (exact) mass is 286 g/mol. The van der Waals surface area contributed by atoms with Gasteiger partial charge in [0, 0.05) is 31.5 Å². The van der Waals surface area contributed by atoms with Gasteiger partial charge in [0.05, 0.1) is 11.9 Å². The van der Waals surface area contributed by atoms with Gasteiger partial charge in [0.25, 0.3) is 0 Å². The molecule has 0 aliphatic heterocycles. The van der Waals surface area contributed by atoms with Gasteiger partial charge in [-0.15, -0.1) is 0 Å². The SMILES string of the molecule is CO[C@H](C)CS(=O)(=O)NCC(C)(C)c1ccncc1. The predicted molar refractivity (Wildman–Crippen MR) is 75.5 cm³/mol. The summed E-state index contributed by atoms with van der Waals surface area (Å²) in [5, 5.41) is 0. The van der Waals surface area contributed by atoms with E-state index in [1.807, 2.05) is 26.0 Å². The summed E-state index contributed by atoms with van der Waals surface area (Å²) < 4.78 is 31.4. The Morgan fingerprint density at radius 2 is 1.95 bits per heavy atom. The normalized spacial score (nSPS) is 14.3. The summed E-state index contributed by atoms with van der Waals surface area (Å²) in [6.07, 6.45) is 3.10. The highest BCUT2D eigenvalue weighted by Gasteiger charge is 2.24. The minimum atomic E-state index is -3.32. The lowest BCUT2D eigenvalue weighted by atomic mass is 9.86. The van der Waals surface area contributed by atoms with E-state index in [1.54, 1.807) is 19.3 Å². The van der Waals surface area contributed by atoms with E-state index in [0.717, 1.165) is 5.56 Å². The Morgan fingerprint density at radius 1 is 1.37 bits per heavy atom. The Kier molecular flexibility index (Phi) is 5.46. The number of hydrogen-bond donors (Lipinski definition) is 1. The first kappa shape index (κ1) is 16.1. The topological polar surface area (TPSA) is 68.3 Å². The lowest BCUT2D eigenvalue weighted by Gasteiger charge is -2.25. The molecule has 6 heteroatoms. The van der Waals surface area contributed by atoms with Crippen LogP contribution in [0.5, 0.6) is 0 Å². The third kappa shape index (κ3) is 5.26. The minimum Gasteiger partial charge on any atom is -0.381 e. The number of aromatic nitrogens is 1. The number of sulfonamides is 1. The van der Waals surface area contributed by atoms with Crippen LogP contribution in [0, 0.1) is 0 Å². The third-order valence-corrected chi connectivity index (χ3v) is 4.54. The molecule has 0 aliphatic rings. The van der Waals surface area contributed by atoms with Crippen molar-refractivity contribution in [1.29, 1.82) is 0 Å². The quantitative estimate of drug-likeness (QED) is 0.820. The van der Waals surface area contributed by atoms with Crippen molar-refractivity contribution in [3.63, 3.8) is 0 Å². The maximum atomic E-state index is 11.9. The molecule has 0 unspecified atom stereocenters. The fourth-order valence-corrected chi connectivity index (χ4v) is 3.08. The van der Waals surface area contributed by atoms with E-state index in [9.17, 15) is 8.42 Å². The molecule has 1 aromatic rings. The summed E-state index contributed by atoms with van der Waals surface area (Å²) in [5.41, 5.74) is 0.761. The second kappa shape index (κ2) is 6.45. The van der Waals surface area contributed by atoms with Crippen molar-refractivity contribution in [3.8, 4) is 0 Å². The number of hydrogen-bond acceptors (Lipinski definition) is 4. The van der Waals surface area contributed by atoms with Crippen LogP contribution in [0.4, 0.5) is 0 Å². The molecule has 0 radical (unpaired) electrons. The molecule has 1 atom stereocenters. The number of pyridine rings is 1. The van der Waals surface area contributed by atoms with Crippen molar-refractivity contribution in [2.45, 2.75) is 32.3 Å². The van der Waals surface area contributed by atoms with Crippen LogP contribution in [0.1, 0.15) is 26.3 Å². The van der Waals surface area contributed by atoms with Gasteiger partial charge in [0.2, 0.25) is 10.0 Å². The molecule has 0 saturated heterocycles. The molecule has 0 bridgehead atoms. The number of rotatable bonds is 7. The summed E-state index contributed by atoms with van der Waals surface area (Å²) >= 11 is 0. The lowest BCUT2D eigenvalue weighted by molar-refractivity contribution is 0.136. The van der Waals surface area contributed by atoms with Crippen molar-refractivity contribution in [1.82, 2.24) is 9.71 Å². The zero-order valence-electron chi connectivity index (χ0n) is 11.9. The molecule has 19 heavy (non-hydrogen) atoms. The Bertz CT molecular complexity index is 486. The predicted octanol–water partition coefficient (Wildman–Crippen LogP) is 1.31. The Hall–Kier alpha value is -0.980. The summed E-state index contributed by atoms with van der Waals surface area (Å²) in [7, 11) is -1.82. The van der Waals surface area contributed by atoms with Gasteiger partial charge in [0.15, 0.2) is 0 Å². The third-order valence-electron chi connectivity index (χ3n) is 3.05. The molecule has 0 aliphatic carbocycles. The summed E-state index contributed by atoms with van der Waals surface area (Å²) in [6.45, 7) is 6.05. The van der Waals surface area contributed by atoms with E-state index in [2.05, 4.69) is 9.71 Å². The van der Waals surface area contributed by atoms with Crippen LogP contribution < -0.4 is 4.72 Å². The van der Waals surface area contributed by atoms with E-state index in [0.29, 0.717) is 6.54 Å². The van der Waals surface area contributed by atoms with Crippen LogP contribution in [0.25, 0.3) is 0 Å². The average Bonchev–Trinajstić information content (AvgIpc) is 2.37. The van der Waals surface area contributed by atoms with E-state index in [1.165, 1.54) is 7.11 Å². The molecule has 1 N–H and O–H groups in total. The molecule has 0 spiro atoms. The Morgan fingerprint density at radius 3 is 2.47 bits per heavy atom. The Balaban J connectivity index is 2.66. The van der Waals surface area contributed by atoms with Gasteiger partial charge in [-0.3, -0.25) is 4.98 Å². The van der Waals surface area contributed by atoms with Crippen LogP contribution in [-0.2, 0) is 20.2 Å². The van der Waals surface area contributed by atoms with Gasteiger partial charge in [-0.2, -0.15) is 0 Å². The van der Waals surface area contributed by atoms with E-state index in [4.69, 9.17) is 4.74 Å². The van der Waals surface area contributed by atoms with Crippen molar-refractivity contribution >= 4 is 10.0 Å². The molecule has 5 nitrogen and oxygen atoms in total. The molecule has 0 saturated carbocycles. The summed E-state index contributed by atoms with van der Waals surface area (Å²) in [4.78, 5) is 3.96. The minimum absolute atomic E-state index is 0.0318. The largest absolute Gasteiger partial charge is 0.381 e.